The highest BCUT2D eigenvalue weighted by molar-refractivity contribution is 6.34. The Kier molecular flexibility index (Phi) is 5.15. The Balaban J connectivity index is 1.46. The van der Waals surface area contributed by atoms with Gasteiger partial charge in [0.1, 0.15) is 23.7 Å². The van der Waals surface area contributed by atoms with Gasteiger partial charge in [0.25, 0.3) is 0 Å². The third-order valence-corrected chi connectivity index (χ3v) is 5.08. The van der Waals surface area contributed by atoms with Crippen LogP contribution in [-0.4, -0.2) is 58.9 Å². The van der Waals surface area contributed by atoms with Crippen molar-refractivity contribution >= 4 is 28.5 Å². The fraction of sp³-hybridized carbons (Fsp3) is 0.368. The van der Waals surface area contributed by atoms with Gasteiger partial charge in [0.05, 0.1) is 30.1 Å². The van der Waals surface area contributed by atoms with Gasteiger partial charge in [-0.25, -0.2) is 9.97 Å². The summed E-state index contributed by atoms with van der Waals surface area (Å²) >= 11 is 6.08. The number of nitrogen functional groups attached to an aromatic ring is 1. The smallest absolute Gasteiger partial charge is 0.180 e. The van der Waals surface area contributed by atoms with Gasteiger partial charge in [0.15, 0.2) is 5.65 Å². The number of fused-ring (bicyclic) bond motifs is 1. The number of halogens is 1. The summed E-state index contributed by atoms with van der Waals surface area (Å²) in [7, 11) is 1.91. The lowest BCUT2D eigenvalue weighted by atomic mass is 10.2. The van der Waals surface area contributed by atoms with E-state index in [0.29, 0.717) is 23.0 Å². The molecule has 2 aromatic heterocycles. The molecular weight excluding hydrogens is 366 g/mol. The number of rotatable bonds is 5. The molecule has 1 saturated heterocycles. The minimum atomic E-state index is 0.432. The van der Waals surface area contributed by atoms with E-state index in [0.717, 1.165) is 55.5 Å². The van der Waals surface area contributed by atoms with E-state index in [-0.39, 0.29) is 0 Å². The van der Waals surface area contributed by atoms with Crippen LogP contribution in [0.4, 0.5) is 5.69 Å². The first-order chi connectivity index (χ1) is 13.1. The summed E-state index contributed by atoms with van der Waals surface area (Å²) < 4.78 is 13.1. The molecule has 0 amide bonds. The van der Waals surface area contributed by atoms with E-state index in [1.165, 1.54) is 6.20 Å². The number of hydrogen-bond donors (Lipinski definition) is 1. The summed E-state index contributed by atoms with van der Waals surface area (Å²) in [4.78, 5) is 11.2. The minimum absolute atomic E-state index is 0.432. The summed E-state index contributed by atoms with van der Waals surface area (Å²) in [5.74, 6) is 1.62. The van der Waals surface area contributed by atoms with Gasteiger partial charge >= 0.3 is 0 Å². The fourth-order valence-electron chi connectivity index (χ4n) is 3.25. The highest BCUT2D eigenvalue weighted by Crippen LogP contribution is 2.30. The molecule has 0 atom stereocenters. The van der Waals surface area contributed by atoms with Gasteiger partial charge in [0.2, 0.25) is 0 Å². The predicted octanol–water partition coefficient (Wildman–Crippen LogP) is 2.58. The average Bonchev–Trinajstić information content (AvgIpc) is 3.03. The number of aryl methyl sites for hydroxylation is 1. The van der Waals surface area contributed by atoms with Crippen molar-refractivity contribution < 1.29 is 9.47 Å². The zero-order valence-corrected chi connectivity index (χ0v) is 15.9. The molecule has 1 aromatic carbocycles. The van der Waals surface area contributed by atoms with Crippen LogP contribution in [0.2, 0.25) is 5.02 Å². The summed E-state index contributed by atoms with van der Waals surface area (Å²) in [6, 6.07) is 7.89. The molecule has 27 heavy (non-hydrogen) atoms. The maximum atomic E-state index is 6.09. The number of anilines is 1. The molecule has 3 heterocycles. The molecule has 7 nitrogen and oxygen atoms in total. The third-order valence-electron chi connectivity index (χ3n) is 4.78. The molecule has 3 aromatic rings. The van der Waals surface area contributed by atoms with Crippen molar-refractivity contribution in [3.05, 3.63) is 35.5 Å². The molecule has 0 unspecified atom stereocenters. The summed E-state index contributed by atoms with van der Waals surface area (Å²) in [5.41, 5.74) is 8.87. The minimum Gasteiger partial charge on any atom is -0.492 e. The zero-order valence-electron chi connectivity index (χ0n) is 15.2. The van der Waals surface area contributed by atoms with Gasteiger partial charge < -0.3 is 19.8 Å². The molecule has 1 fully saturated rings. The number of hydrogen-bond acceptors (Lipinski definition) is 6. The van der Waals surface area contributed by atoms with Crippen molar-refractivity contribution in [2.45, 2.75) is 0 Å². The van der Waals surface area contributed by atoms with Crippen LogP contribution < -0.4 is 10.5 Å². The average molecular weight is 388 g/mol. The molecule has 1 aliphatic heterocycles. The topological polar surface area (TPSA) is 78.4 Å². The lowest BCUT2D eigenvalue weighted by Gasteiger charge is -2.26. The lowest BCUT2D eigenvalue weighted by Crippen LogP contribution is -2.38. The number of imidazole rings is 1. The third kappa shape index (κ3) is 3.71. The maximum absolute atomic E-state index is 6.09. The Morgan fingerprint density at radius 1 is 1.22 bits per heavy atom. The standard InChI is InChI=1S/C19H22ClN5O2/c1-24-17-16(21)15(20)12-22-18(17)23-19(24)13-2-4-14(5-3-13)27-11-8-25-6-9-26-10-7-25/h2-5,12H,6-11H2,1H3,(H2,21,22). The predicted molar refractivity (Wildman–Crippen MR) is 106 cm³/mol. The zero-order chi connectivity index (χ0) is 18.8. The first kappa shape index (κ1) is 18.0. The Morgan fingerprint density at radius 3 is 2.70 bits per heavy atom. The highest BCUT2D eigenvalue weighted by Gasteiger charge is 2.15. The van der Waals surface area contributed by atoms with E-state index in [4.69, 9.17) is 26.8 Å². The maximum Gasteiger partial charge on any atom is 0.180 e. The molecule has 0 saturated carbocycles. The molecule has 142 valence electrons. The van der Waals surface area contributed by atoms with Crippen molar-refractivity contribution in [1.29, 1.82) is 0 Å². The Labute approximate surface area is 162 Å². The Hall–Kier alpha value is -2.35. The number of nitrogens with two attached hydrogens (primary N) is 1. The summed E-state index contributed by atoms with van der Waals surface area (Å²) in [6.45, 7) is 5.10. The Bertz CT molecular complexity index is 935. The van der Waals surface area contributed by atoms with Gasteiger partial charge in [-0.1, -0.05) is 11.6 Å². The van der Waals surface area contributed by atoms with Crippen LogP contribution in [0.15, 0.2) is 30.5 Å². The quantitative estimate of drug-likeness (QED) is 0.725. The van der Waals surface area contributed by atoms with E-state index in [1.807, 2.05) is 35.9 Å². The van der Waals surface area contributed by atoms with E-state index in [9.17, 15) is 0 Å². The summed E-state index contributed by atoms with van der Waals surface area (Å²) in [5, 5.41) is 0.432. The number of pyridine rings is 1. The van der Waals surface area contributed by atoms with Crippen LogP contribution in [0.25, 0.3) is 22.6 Å². The SMILES string of the molecule is Cn1c(-c2ccc(OCCN3CCOCC3)cc2)nc2ncc(Cl)c(N)c21. The number of aromatic nitrogens is 3. The molecule has 0 spiro atoms. The normalized spacial score (nSPS) is 15.3. The second-order valence-electron chi connectivity index (χ2n) is 6.51. The van der Waals surface area contributed by atoms with Crippen LogP contribution in [0.3, 0.4) is 0 Å². The van der Waals surface area contributed by atoms with E-state index in [1.54, 1.807) is 0 Å². The number of morpholine rings is 1. The van der Waals surface area contributed by atoms with E-state index in [2.05, 4.69) is 14.9 Å². The molecule has 0 bridgehead atoms. The Morgan fingerprint density at radius 2 is 1.96 bits per heavy atom. The van der Waals surface area contributed by atoms with Gasteiger partial charge in [-0.15, -0.1) is 0 Å². The van der Waals surface area contributed by atoms with Crippen LogP contribution >= 0.6 is 11.6 Å². The van der Waals surface area contributed by atoms with E-state index >= 15 is 0 Å². The summed E-state index contributed by atoms with van der Waals surface area (Å²) in [6.07, 6.45) is 1.53. The van der Waals surface area contributed by atoms with Crippen molar-refractivity contribution in [2.24, 2.45) is 7.05 Å². The highest BCUT2D eigenvalue weighted by atomic mass is 35.5. The van der Waals surface area contributed by atoms with Crippen LogP contribution in [0.1, 0.15) is 0 Å². The second kappa shape index (κ2) is 7.72. The fourth-order valence-corrected chi connectivity index (χ4v) is 3.39. The lowest BCUT2D eigenvalue weighted by molar-refractivity contribution is 0.0322. The second-order valence-corrected chi connectivity index (χ2v) is 6.92. The molecule has 2 N–H and O–H groups in total. The van der Waals surface area contributed by atoms with Gasteiger partial charge in [-0.2, -0.15) is 0 Å². The van der Waals surface area contributed by atoms with E-state index < -0.39 is 0 Å². The molecule has 1 aliphatic rings. The number of nitrogens with zero attached hydrogens (tertiary/aromatic N) is 4. The molecule has 0 radical (unpaired) electrons. The van der Waals surface area contributed by atoms with Gasteiger partial charge in [0, 0.05) is 32.2 Å². The first-order valence-electron chi connectivity index (χ1n) is 8.93. The molecular formula is C19H22ClN5O2. The van der Waals surface area contributed by atoms with Crippen molar-refractivity contribution in [3.8, 4) is 17.1 Å². The van der Waals surface area contributed by atoms with Crippen molar-refractivity contribution in [1.82, 2.24) is 19.4 Å². The van der Waals surface area contributed by atoms with Crippen LogP contribution in [-0.2, 0) is 11.8 Å². The van der Waals surface area contributed by atoms with Crippen LogP contribution in [0.5, 0.6) is 5.75 Å². The van der Waals surface area contributed by atoms with Crippen molar-refractivity contribution in [2.75, 3.05) is 45.2 Å². The van der Waals surface area contributed by atoms with Crippen LogP contribution in [0, 0.1) is 0 Å². The van der Waals surface area contributed by atoms with Crippen molar-refractivity contribution in [3.63, 3.8) is 0 Å². The number of ether oxygens (including phenoxy) is 2. The number of benzene rings is 1. The monoisotopic (exact) mass is 387 g/mol. The first-order valence-corrected chi connectivity index (χ1v) is 9.31. The van der Waals surface area contributed by atoms with Gasteiger partial charge in [-0.05, 0) is 24.3 Å². The largest absolute Gasteiger partial charge is 0.492 e. The molecule has 0 aliphatic carbocycles. The molecule has 8 heteroatoms. The van der Waals surface area contributed by atoms with Gasteiger partial charge in [-0.3, -0.25) is 4.90 Å². The molecule has 4 rings (SSSR count).